The summed E-state index contributed by atoms with van der Waals surface area (Å²) in [5.41, 5.74) is 0.589. The summed E-state index contributed by atoms with van der Waals surface area (Å²) in [6.07, 6.45) is 11.2. The molecule has 4 rings (SSSR count). The van der Waals surface area contributed by atoms with Gasteiger partial charge >= 0.3 is 0 Å². The van der Waals surface area contributed by atoms with E-state index >= 15 is 0 Å². The summed E-state index contributed by atoms with van der Waals surface area (Å²) < 4.78 is 22.7. The van der Waals surface area contributed by atoms with E-state index in [1.54, 1.807) is 0 Å². The van der Waals surface area contributed by atoms with Crippen LogP contribution in [0.5, 0.6) is 0 Å². The van der Waals surface area contributed by atoms with Gasteiger partial charge in [-0.3, -0.25) is 0 Å². The maximum Gasteiger partial charge on any atom is 0.0564 e. The van der Waals surface area contributed by atoms with Crippen LogP contribution in [0.1, 0.15) is 65.2 Å². The third-order valence-corrected chi connectivity index (χ3v) is 7.86. The molecule has 162 valence electrons. The smallest absolute Gasteiger partial charge is 0.0564 e. The van der Waals surface area contributed by atoms with Gasteiger partial charge in [0.1, 0.15) is 0 Å². The Labute approximate surface area is 172 Å². The molecule has 4 nitrogen and oxygen atoms in total. The first-order chi connectivity index (χ1) is 13.5. The fourth-order valence-electron chi connectivity index (χ4n) is 5.66. The zero-order valence-corrected chi connectivity index (χ0v) is 18.3. The third-order valence-electron chi connectivity index (χ3n) is 7.86. The molecule has 4 aliphatic rings. The van der Waals surface area contributed by atoms with Crippen LogP contribution in [-0.2, 0) is 18.9 Å². The van der Waals surface area contributed by atoms with Crippen LogP contribution < -0.4 is 0 Å². The molecule has 0 aromatic rings. The van der Waals surface area contributed by atoms with Crippen LogP contribution in [0, 0.1) is 34.5 Å². The lowest BCUT2D eigenvalue weighted by atomic mass is 9.69. The standard InChI is InChI=1S/C24H42O4/c1-23(15-27-16-23)13-25-11-19-3-7-21(8-4-19)22-9-5-20(6-10-22)12-26-14-24(2)17-28-18-24/h19-22H,3-18H2,1-2H3. The quantitative estimate of drug-likeness (QED) is 0.568. The molecule has 0 N–H and O–H groups in total. The van der Waals surface area contributed by atoms with Crippen molar-refractivity contribution in [1.82, 2.24) is 0 Å². The van der Waals surface area contributed by atoms with E-state index in [0.717, 1.165) is 76.5 Å². The first-order valence-electron chi connectivity index (χ1n) is 11.8. The topological polar surface area (TPSA) is 36.9 Å². The minimum Gasteiger partial charge on any atom is -0.380 e. The second kappa shape index (κ2) is 9.32. The summed E-state index contributed by atoms with van der Waals surface area (Å²) in [5.74, 6) is 3.54. The molecule has 28 heavy (non-hydrogen) atoms. The Morgan fingerprint density at radius 2 is 0.964 bits per heavy atom. The lowest BCUT2D eigenvalue weighted by Gasteiger charge is -2.40. The molecule has 0 aromatic carbocycles. The fraction of sp³-hybridized carbons (Fsp3) is 1.00. The maximum atomic E-state index is 6.05. The molecule has 0 unspecified atom stereocenters. The van der Waals surface area contributed by atoms with Crippen molar-refractivity contribution in [2.45, 2.75) is 65.2 Å². The van der Waals surface area contributed by atoms with Crippen molar-refractivity contribution >= 4 is 0 Å². The van der Waals surface area contributed by atoms with E-state index in [1.165, 1.54) is 51.4 Å². The van der Waals surface area contributed by atoms with Crippen LogP contribution in [0.3, 0.4) is 0 Å². The number of rotatable bonds is 9. The van der Waals surface area contributed by atoms with Crippen molar-refractivity contribution < 1.29 is 18.9 Å². The minimum absolute atomic E-state index is 0.295. The van der Waals surface area contributed by atoms with Gasteiger partial charge in [0.15, 0.2) is 0 Å². The molecular weight excluding hydrogens is 352 g/mol. The summed E-state index contributed by atoms with van der Waals surface area (Å²) in [7, 11) is 0. The number of hydrogen-bond donors (Lipinski definition) is 0. The van der Waals surface area contributed by atoms with E-state index in [2.05, 4.69) is 13.8 Å². The van der Waals surface area contributed by atoms with Crippen LogP contribution in [0.15, 0.2) is 0 Å². The van der Waals surface area contributed by atoms with Crippen LogP contribution >= 0.6 is 0 Å². The Kier molecular flexibility index (Phi) is 7.02. The highest BCUT2D eigenvalue weighted by Gasteiger charge is 2.36. The Hall–Kier alpha value is -0.160. The molecule has 2 saturated carbocycles. The van der Waals surface area contributed by atoms with E-state index in [4.69, 9.17) is 18.9 Å². The predicted molar refractivity (Wildman–Crippen MR) is 110 cm³/mol. The van der Waals surface area contributed by atoms with Gasteiger partial charge in [0.2, 0.25) is 0 Å². The number of ether oxygens (including phenoxy) is 4. The molecular formula is C24H42O4. The summed E-state index contributed by atoms with van der Waals surface area (Å²) in [6.45, 7) is 11.8. The summed E-state index contributed by atoms with van der Waals surface area (Å²) in [4.78, 5) is 0. The average molecular weight is 395 g/mol. The fourth-order valence-corrected chi connectivity index (χ4v) is 5.66. The largest absolute Gasteiger partial charge is 0.380 e. The lowest BCUT2D eigenvalue weighted by molar-refractivity contribution is -0.142. The van der Waals surface area contributed by atoms with Crippen molar-refractivity contribution in [2.24, 2.45) is 34.5 Å². The van der Waals surface area contributed by atoms with Gasteiger partial charge in [-0.1, -0.05) is 13.8 Å². The zero-order valence-electron chi connectivity index (χ0n) is 18.3. The van der Waals surface area contributed by atoms with Crippen molar-refractivity contribution in [3.8, 4) is 0 Å². The predicted octanol–water partition coefficient (Wildman–Crippen LogP) is 4.71. The highest BCUT2D eigenvalue weighted by atomic mass is 16.5. The molecule has 2 heterocycles. The summed E-state index contributed by atoms with van der Waals surface area (Å²) >= 11 is 0. The van der Waals surface area contributed by atoms with Gasteiger partial charge in [-0.25, -0.2) is 0 Å². The van der Waals surface area contributed by atoms with Crippen LogP contribution in [0.4, 0.5) is 0 Å². The van der Waals surface area contributed by atoms with Crippen LogP contribution in [-0.4, -0.2) is 52.9 Å². The SMILES string of the molecule is CC1(COCC2CCC(C3CCC(COCC4(C)COC4)CC3)CC2)COC1. The molecule has 0 spiro atoms. The van der Waals surface area contributed by atoms with Crippen molar-refractivity contribution in [2.75, 3.05) is 52.9 Å². The van der Waals surface area contributed by atoms with E-state index < -0.39 is 0 Å². The highest BCUT2D eigenvalue weighted by Crippen LogP contribution is 2.41. The van der Waals surface area contributed by atoms with E-state index in [0.29, 0.717) is 10.8 Å². The Balaban J connectivity index is 1.06. The molecule has 2 saturated heterocycles. The average Bonchev–Trinajstić information content (AvgIpc) is 2.66. The molecule has 0 bridgehead atoms. The Morgan fingerprint density at radius 1 is 0.607 bits per heavy atom. The molecule has 0 amide bonds. The molecule has 2 aliphatic carbocycles. The van der Waals surface area contributed by atoms with Crippen molar-refractivity contribution in [3.05, 3.63) is 0 Å². The molecule has 4 fully saturated rings. The normalized spacial score (nSPS) is 37.1. The van der Waals surface area contributed by atoms with Gasteiger partial charge < -0.3 is 18.9 Å². The minimum atomic E-state index is 0.295. The van der Waals surface area contributed by atoms with Crippen molar-refractivity contribution in [3.63, 3.8) is 0 Å². The van der Waals surface area contributed by atoms with Gasteiger partial charge in [0.05, 0.1) is 39.6 Å². The Bertz CT molecular complexity index is 425. The Morgan fingerprint density at radius 3 is 1.25 bits per heavy atom. The van der Waals surface area contributed by atoms with Crippen LogP contribution in [0.2, 0.25) is 0 Å². The van der Waals surface area contributed by atoms with E-state index in [9.17, 15) is 0 Å². The first-order valence-corrected chi connectivity index (χ1v) is 11.8. The van der Waals surface area contributed by atoms with Gasteiger partial charge in [0, 0.05) is 24.0 Å². The monoisotopic (exact) mass is 394 g/mol. The van der Waals surface area contributed by atoms with E-state index in [1.807, 2.05) is 0 Å². The van der Waals surface area contributed by atoms with E-state index in [-0.39, 0.29) is 0 Å². The second-order valence-electron chi connectivity index (χ2n) is 11.2. The molecule has 2 aliphatic heterocycles. The molecule has 4 heteroatoms. The molecule has 0 aromatic heterocycles. The molecule has 0 atom stereocenters. The second-order valence-corrected chi connectivity index (χ2v) is 11.2. The van der Waals surface area contributed by atoms with Gasteiger partial charge in [-0.05, 0) is 75.0 Å². The summed E-state index contributed by atoms with van der Waals surface area (Å²) in [6, 6.07) is 0. The van der Waals surface area contributed by atoms with Gasteiger partial charge in [-0.2, -0.15) is 0 Å². The maximum absolute atomic E-state index is 6.05. The number of hydrogen-bond acceptors (Lipinski definition) is 4. The zero-order chi connectivity index (χ0) is 19.5. The first kappa shape index (κ1) is 21.1. The third kappa shape index (κ3) is 5.50. The van der Waals surface area contributed by atoms with Gasteiger partial charge in [-0.15, -0.1) is 0 Å². The highest BCUT2D eigenvalue weighted by molar-refractivity contribution is 4.84. The van der Waals surface area contributed by atoms with Crippen LogP contribution in [0.25, 0.3) is 0 Å². The van der Waals surface area contributed by atoms with Gasteiger partial charge in [0.25, 0.3) is 0 Å². The molecule has 0 radical (unpaired) electrons. The van der Waals surface area contributed by atoms with Crippen molar-refractivity contribution in [1.29, 1.82) is 0 Å². The lowest BCUT2D eigenvalue weighted by Crippen LogP contribution is -2.44. The summed E-state index contributed by atoms with van der Waals surface area (Å²) in [5, 5.41) is 0.